The van der Waals surface area contributed by atoms with Gasteiger partial charge >= 0.3 is 5.97 Å². The van der Waals surface area contributed by atoms with E-state index in [2.05, 4.69) is 20.7 Å². The normalized spacial score (nSPS) is 9.94. The van der Waals surface area contributed by atoms with Crippen LogP contribution in [0.3, 0.4) is 0 Å². The zero-order valence-electron chi connectivity index (χ0n) is 10.1. The van der Waals surface area contributed by atoms with Gasteiger partial charge in [-0.1, -0.05) is 15.9 Å². The van der Waals surface area contributed by atoms with Crippen molar-refractivity contribution in [2.24, 2.45) is 0 Å². The van der Waals surface area contributed by atoms with Gasteiger partial charge in [0, 0.05) is 18.1 Å². The largest absolute Gasteiger partial charge is 0.507 e. The van der Waals surface area contributed by atoms with Gasteiger partial charge < -0.3 is 14.7 Å². The first-order valence-electron chi connectivity index (χ1n) is 5.26. The Hall–Kier alpha value is -1.56. The second-order valence-electron chi connectivity index (χ2n) is 3.71. The van der Waals surface area contributed by atoms with Crippen molar-refractivity contribution in [2.75, 3.05) is 20.7 Å². The van der Waals surface area contributed by atoms with Crippen molar-refractivity contribution in [3.05, 3.63) is 28.2 Å². The maximum Gasteiger partial charge on any atom is 0.307 e. The molecule has 1 rings (SSSR count). The SMILES string of the molecule is COC(=O)CCN(C)C(=O)c1cc(Br)ccc1O. The summed E-state index contributed by atoms with van der Waals surface area (Å²) in [5, 5.41) is 9.62. The Bertz CT molecular complexity index is 461. The molecule has 0 aliphatic rings. The number of phenols is 1. The van der Waals surface area contributed by atoms with Crippen LogP contribution in [0, 0.1) is 0 Å². The van der Waals surface area contributed by atoms with Gasteiger partial charge in [-0.15, -0.1) is 0 Å². The van der Waals surface area contributed by atoms with E-state index in [9.17, 15) is 14.7 Å². The van der Waals surface area contributed by atoms with Crippen LogP contribution in [0.4, 0.5) is 0 Å². The number of phenolic OH excluding ortho intramolecular Hbond substituents is 1. The van der Waals surface area contributed by atoms with E-state index in [-0.39, 0.29) is 36.2 Å². The predicted molar refractivity (Wildman–Crippen MR) is 69.4 cm³/mol. The summed E-state index contributed by atoms with van der Waals surface area (Å²) < 4.78 is 5.19. The molecular weight excluding hydrogens is 302 g/mol. The van der Waals surface area contributed by atoms with Gasteiger partial charge in [-0.25, -0.2) is 0 Å². The number of esters is 1. The molecule has 6 heteroatoms. The molecule has 0 bridgehead atoms. The summed E-state index contributed by atoms with van der Waals surface area (Å²) in [5.41, 5.74) is 0.191. The highest BCUT2D eigenvalue weighted by molar-refractivity contribution is 9.10. The molecule has 1 aromatic carbocycles. The highest BCUT2D eigenvalue weighted by Gasteiger charge is 2.17. The van der Waals surface area contributed by atoms with Crippen molar-refractivity contribution < 1.29 is 19.4 Å². The van der Waals surface area contributed by atoms with Crippen LogP contribution < -0.4 is 0 Å². The van der Waals surface area contributed by atoms with E-state index < -0.39 is 0 Å². The van der Waals surface area contributed by atoms with Crippen molar-refractivity contribution >= 4 is 27.8 Å². The number of rotatable bonds is 4. The zero-order chi connectivity index (χ0) is 13.7. The number of carbonyl (C=O) groups excluding carboxylic acids is 2. The Labute approximate surface area is 113 Å². The fourth-order valence-corrected chi connectivity index (χ4v) is 1.71. The number of halogens is 1. The lowest BCUT2D eigenvalue weighted by atomic mass is 10.2. The molecule has 18 heavy (non-hydrogen) atoms. The number of benzene rings is 1. The number of amides is 1. The van der Waals surface area contributed by atoms with Crippen LogP contribution in [0.2, 0.25) is 0 Å². The monoisotopic (exact) mass is 315 g/mol. The van der Waals surface area contributed by atoms with Gasteiger partial charge in [0.05, 0.1) is 19.1 Å². The molecule has 0 saturated carbocycles. The quantitative estimate of drug-likeness (QED) is 0.860. The highest BCUT2D eigenvalue weighted by Crippen LogP contribution is 2.22. The average molecular weight is 316 g/mol. The first kappa shape index (κ1) is 14.5. The zero-order valence-corrected chi connectivity index (χ0v) is 11.7. The average Bonchev–Trinajstić information content (AvgIpc) is 2.37. The van der Waals surface area contributed by atoms with E-state index in [1.807, 2.05) is 0 Å². The standard InChI is InChI=1S/C12H14BrNO4/c1-14(6-5-11(16)18-2)12(17)9-7-8(13)3-4-10(9)15/h3-4,7,15H,5-6H2,1-2H3. The second-order valence-corrected chi connectivity index (χ2v) is 4.63. The molecule has 0 aliphatic carbocycles. The first-order chi connectivity index (χ1) is 8.45. The Morgan fingerprint density at radius 2 is 2.11 bits per heavy atom. The van der Waals surface area contributed by atoms with Gasteiger partial charge in [0.15, 0.2) is 0 Å². The molecule has 1 aromatic rings. The lowest BCUT2D eigenvalue weighted by molar-refractivity contribution is -0.140. The molecule has 1 N–H and O–H groups in total. The van der Waals surface area contributed by atoms with Crippen LogP contribution in [0.25, 0.3) is 0 Å². The maximum atomic E-state index is 12.0. The van der Waals surface area contributed by atoms with E-state index in [1.165, 1.54) is 24.1 Å². The second kappa shape index (κ2) is 6.39. The molecule has 5 nitrogen and oxygen atoms in total. The third kappa shape index (κ3) is 3.73. The summed E-state index contributed by atoms with van der Waals surface area (Å²) in [7, 11) is 2.86. The minimum absolute atomic E-state index is 0.0897. The minimum atomic E-state index is -0.381. The Morgan fingerprint density at radius 1 is 1.44 bits per heavy atom. The molecule has 0 aliphatic heterocycles. The van der Waals surface area contributed by atoms with Gasteiger partial charge in [-0.3, -0.25) is 9.59 Å². The van der Waals surface area contributed by atoms with Crippen molar-refractivity contribution in [3.63, 3.8) is 0 Å². The number of hydrogen-bond acceptors (Lipinski definition) is 4. The van der Waals surface area contributed by atoms with Crippen molar-refractivity contribution in [3.8, 4) is 5.75 Å². The molecule has 0 fully saturated rings. The Balaban J connectivity index is 2.74. The van der Waals surface area contributed by atoms with Crippen LogP contribution in [0.1, 0.15) is 16.8 Å². The van der Waals surface area contributed by atoms with E-state index in [0.717, 1.165) is 0 Å². The summed E-state index contributed by atoms with van der Waals surface area (Å²) >= 11 is 3.23. The highest BCUT2D eigenvalue weighted by atomic mass is 79.9. The molecular formula is C12H14BrNO4. The van der Waals surface area contributed by atoms with Gasteiger partial charge in [0.1, 0.15) is 5.75 Å². The minimum Gasteiger partial charge on any atom is -0.507 e. The van der Waals surface area contributed by atoms with Crippen LogP contribution in [0.5, 0.6) is 5.75 Å². The molecule has 0 heterocycles. The number of ether oxygens (including phenoxy) is 1. The number of aromatic hydroxyl groups is 1. The lowest BCUT2D eigenvalue weighted by Crippen LogP contribution is -2.29. The maximum absolute atomic E-state index is 12.0. The van der Waals surface area contributed by atoms with Gasteiger partial charge in [-0.2, -0.15) is 0 Å². The van der Waals surface area contributed by atoms with Gasteiger partial charge in [0.2, 0.25) is 0 Å². The summed E-state index contributed by atoms with van der Waals surface area (Å²) in [6.07, 6.45) is 0.119. The van der Waals surface area contributed by atoms with Crippen LogP contribution >= 0.6 is 15.9 Å². The number of hydrogen-bond donors (Lipinski definition) is 1. The molecule has 0 radical (unpaired) electrons. The van der Waals surface area contributed by atoms with E-state index >= 15 is 0 Å². The van der Waals surface area contributed by atoms with Crippen molar-refractivity contribution in [1.29, 1.82) is 0 Å². The molecule has 1 amide bonds. The lowest BCUT2D eigenvalue weighted by Gasteiger charge is -2.17. The fraction of sp³-hybridized carbons (Fsp3) is 0.333. The summed E-state index contributed by atoms with van der Waals surface area (Å²) in [6, 6.07) is 4.61. The summed E-state index contributed by atoms with van der Waals surface area (Å²) in [6.45, 7) is 0.234. The Kier molecular flexibility index (Phi) is 5.15. The molecule has 0 unspecified atom stereocenters. The van der Waals surface area contributed by atoms with E-state index in [1.54, 1.807) is 13.1 Å². The molecule has 0 aromatic heterocycles. The number of carbonyl (C=O) groups is 2. The topological polar surface area (TPSA) is 66.8 Å². The van der Waals surface area contributed by atoms with E-state index in [0.29, 0.717) is 4.47 Å². The van der Waals surface area contributed by atoms with Crippen LogP contribution in [0.15, 0.2) is 22.7 Å². The predicted octanol–water partition coefficient (Wildman–Crippen LogP) is 1.79. The molecule has 98 valence electrons. The van der Waals surface area contributed by atoms with Gasteiger partial charge in [0.25, 0.3) is 5.91 Å². The Morgan fingerprint density at radius 3 is 2.72 bits per heavy atom. The molecule has 0 saturated heterocycles. The van der Waals surface area contributed by atoms with Crippen LogP contribution in [-0.2, 0) is 9.53 Å². The first-order valence-corrected chi connectivity index (χ1v) is 6.05. The molecule has 0 spiro atoms. The molecule has 0 atom stereocenters. The van der Waals surface area contributed by atoms with Gasteiger partial charge in [-0.05, 0) is 18.2 Å². The third-order valence-electron chi connectivity index (χ3n) is 2.41. The van der Waals surface area contributed by atoms with Crippen LogP contribution in [-0.4, -0.2) is 42.6 Å². The number of methoxy groups -OCH3 is 1. The fourth-order valence-electron chi connectivity index (χ4n) is 1.35. The third-order valence-corrected chi connectivity index (χ3v) is 2.91. The van der Waals surface area contributed by atoms with Crippen molar-refractivity contribution in [1.82, 2.24) is 4.90 Å². The smallest absolute Gasteiger partial charge is 0.307 e. The van der Waals surface area contributed by atoms with E-state index in [4.69, 9.17) is 0 Å². The van der Waals surface area contributed by atoms with Crippen molar-refractivity contribution in [2.45, 2.75) is 6.42 Å². The summed E-state index contributed by atoms with van der Waals surface area (Å²) in [5.74, 6) is -0.820. The summed E-state index contributed by atoms with van der Waals surface area (Å²) in [4.78, 5) is 24.4. The number of nitrogens with zero attached hydrogens (tertiary/aromatic N) is 1.